The Labute approximate surface area is 112 Å². The summed E-state index contributed by atoms with van der Waals surface area (Å²) in [7, 11) is 0. The molecule has 4 heteroatoms. The third-order valence-corrected chi connectivity index (χ3v) is 3.10. The third-order valence-electron chi connectivity index (χ3n) is 2.74. The lowest BCUT2D eigenvalue weighted by atomic mass is 10.2. The Kier molecular flexibility index (Phi) is 4.28. The zero-order valence-electron chi connectivity index (χ0n) is 10.3. The number of aliphatic hydroxyl groups is 1. The van der Waals surface area contributed by atoms with Crippen molar-refractivity contribution in [1.29, 1.82) is 0 Å². The first-order chi connectivity index (χ1) is 8.70. The van der Waals surface area contributed by atoms with Crippen LogP contribution < -0.4 is 5.32 Å². The molecule has 1 atom stereocenters. The molecular weight excluding hydrogens is 248 g/mol. The van der Waals surface area contributed by atoms with Gasteiger partial charge in [0.1, 0.15) is 0 Å². The van der Waals surface area contributed by atoms with E-state index >= 15 is 0 Å². The molecule has 0 saturated carbocycles. The van der Waals surface area contributed by atoms with Crippen molar-refractivity contribution in [3.8, 4) is 5.69 Å². The molecule has 1 unspecified atom stereocenters. The average Bonchev–Trinajstić information content (AvgIpc) is 2.89. The van der Waals surface area contributed by atoms with Crippen LogP contribution in [0.3, 0.4) is 0 Å². The SMILES string of the molecule is Cc1ccc(-n2cccc2)c(NCC(O)CCl)c1. The fourth-order valence-corrected chi connectivity index (χ4v) is 1.90. The summed E-state index contributed by atoms with van der Waals surface area (Å²) >= 11 is 5.59. The van der Waals surface area contributed by atoms with Gasteiger partial charge in [0.15, 0.2) is 0 Å². The van der Waals surface area contributed by atoms with Crippen LogP contribution >= 0.6 is 11.6 Å². The molecule has 2 rings (SSSR count). The highest BCUT2D eigenvalue weighted by Crippen LogP contribution is 2.22. The van der Waals surface area contributed by atoms with Crippen LogP contribution in [0.2, 0.25) is 0 Å². The lowest BCUT2D eigenvalue weighted by molar-refractivity contribution is 0.211. The van der Waals surface area contributed by atoms with Crippen molar-refractivity contribution in [3.63, 3.8) is 0 Å². The maximum Gasteiger partial charge on any atom is 0.0847 e. The van der Waals surface area contributed by atoms with Crippen LogP contribution in [0.4, 0.5) is 5.69 Å². The van der Waals surface area contributed by atoms with Crippen molar-refractivity contribution in [1.82, 2.24) is 4.57 Å². The van der Waals surface area contributed by atoms with Gasteiger partial charge in [0.2, 0.25) is 0 Å². The fourth-order valence-electron chi connectivity index (χ4n) is 1.79. The molecule has 0 fully saturated rings. The van der Waals surface area contributed by atoms with Crippen molar-refractivity contribution < 1.29 is 5.11 Å². The van der Waals surface area contributed by atoms with Crippen LogP contribution in [-0.4, -0.2) is 28.2 Å². The van der Waals surface area contributed by atoms with Crippen LogP contribution in [0.5, 0.6) is 0 Å². The molecule has 3 nitrogen and oxygen atoms in total. The van der Waals surface area contributed by atoms with Crippen LogP contribution in [0, 0.1) is 6.92 Å². The largest absolute Gasteiger partial charge is 0.390 e. The number of halogens is 1. The van der Waals surface area contributed by atoms with E-state index in [1.165, 1.54) is 5.56 Å². The van der Waals surface area contributed by atoms with Gasteiger partial charge in [-0.25, -0.2) is 0 Å². The van der Waals surface area contributed by atoms with Crippen LogP contribution in [0.1, 0.15) is 5.56 Å². The van der Waals surface area contributed by atoms with Gasteiger partial charge >= 0.3 is 0 Å². The van der Waals surface area contributed by atoms with Crippen molar-refractivity contribution in [2.24, 2.45) is 0 Å². The molecule has 0 spiro atoms. The third kappa shape index (κ3) is 3.06. The Balaban J connectivity index is 2.24. The normalized spacial score (nSPS) is 12.4. The Hall–Kier alpha value is -1.45. The number of benzene rings is 1. The molecule has 2 aromatic rings. The molecule has 0 radical (unpaired) electrons. The van der Waals surface area contributed by atoms with E-state index in [-0.39, 0.29) is 5.88 Å². The molecule has 0 saturated heterocycles. The van der Waals surface area contributed by atoms with E-state index in [1.807, 2.05) is 36.0 Å². The zero-order valence-corrected chi connectivity index (χ0v) is 11.1. The quantitative estimate of drug-likeness (QED) is 0.815. The second-order valence-electron chi connectivity index (χ2n) is 4.30. The number of nitrogens with zero attached hydrogens (tertiary/aromatic N) is 1. The highest BCUT2D eigenvalue weighted by Gasteiger charge is 2.06. The summed E-state index contributed by atoms with van der Waals surface area (Å²) < 4.78 is 2.04. The molecular formula is C14H17ClN2O. The van der Waals surface area contributed by atoms with Crippen molar-refractivity contribution in [3.05, 3.63) is 48.3 Å². The minimum absolute atomic E-state index is 0.234. The monoisotopic (exact) mass is 264 g/mol. The van der Waals surface area contributed by atoms with Gasteiger partial charge in [-0.3, -0.25) is 0 Å². The maximum atomic E-state index is 9.51. The molecule has 18 heavy (non-hydrogen) atoms. The molecule has 0 aliphatic heterocycles. The second-order valence-corrected chi connectivity index (χ2v) is 4.61. The lowest BCUT2D eigenvalue weighted by Gasteiger charge is -2.15. The van der Waals surface area contributed by atoms with E-state index in [4.69, 9.17) is 11.6 Å². The van der Waals surface area contributed by atoms with Gasteiger partial charge in [-0.05, 0) is 36.8 Å². The summed E-state index contributed by atoms with van der Waals surface area (Å²) in [5, 5.41) is 12.7. The minimum atomic E-state index is -0.537. The molecule has 96 valence electrons. The van der Waals surface area contributed by atoms with Crippen molar-refractivity contribution in [2.75, 3.05) is 17.7 Å². The summed E-state index contributed by atoms with van der Waals surface area (Å²) in [4.78, 5) is 0. The zero-order chi connectivity index (χ0) is 13.0. The minimum Gasteiger partial charge on any atom is -0.390 e. The maximum absolute atomic E-state index is 9.51. The first-order valence-electron chi connectivity index (χ1n) is 5.92. The first kappa shape index (κ1) is 13.0. The molecule has 0 aliphatic rings. The Morgan fingerprint density at radius 2 is 2.06 bits per heavy atom. The number of aromatic nitrogens is 1. The van der Waals surface area contributed by atoms with Crippen LogP contribution in [0.25, 0.3) is 5.69 Å². The first-order valence-corrected chi connectivity index (χ1v) is 6.46. The van der Waals surface area contributed by atoms with E-state index in [0.717, 1.165) is 11.4 Å². The molecule has 2 N–H and O–H groups in total. The standard InChI is InChI=1S/C14H17ClN2O/c1-11-4-5-14(17-6-2-3-7-17)13(8-11)16-10-12(18)9-15/h2-8,12,16,18H,9-10H2,1H3. The Morgan fingerprint density at radius 1 is 1.33 bits per heavy atom. The number of hydrogen-bond donors (Lipinski definition) is 2. The lowest BCUT2D eigenvalue weighted by Crippen LogP contribution is -2.21. The highest BCUT2D eigenvalue weighted by molar-refractivity contribution is 6.18. The molecule has 0 bridgehead atoms. The predicted molar refractivity (Wildman–Crippen MR) is 75.7 cm³/mol. The summed E-state index contributed by atoms with van der Waals surface area (Å²) in [5.74, 6) is 0.234. The number of anilines is 1. The molecule has 0 amide bonds. The number of aliphatic hydroxyl groups excluding tert-OH is 1. The fraction of sp³-hybridized carbons (Fsp3) is 0.286. The van der Waals surface area contributed by atoms with Crippen molar-refractivity contribution >= 4 is 17.3 Å². The van der Waals surface area contributed by atoms with Crippen LogP contribution in [-0.2, 0) is 0 Å². The van der Waals surface area contributed by atoms with Gasteiger partial charge in [0.25, 0.3) is 0 Å². The number of rotatable bonds is 5. The van der Waals surface area contributed by atoms with Gasteiger partial charge in [-0.1, -0.05) is 6.07 Å². The van der Waals surface area contributed by atoms with E-state index in [9.17, 15) is 5.11 Å². The number of hydrogen-bond acceptors (Lipinski definition) is 2. The topological polar surface area (TPSA) is 37.2 Å². The molecule has 0 aliphatic carbocycles. The van der Waals surface area contributed by atoms with Gasteiger partial charge in [-0.2, -0.15) is 0 Å². The van der Waals surface area contributed by atoms with Gasteiger partial charge in [-0.15, -0.1) is 11.6 Å². The number of nitrogens with one attached hydrogen (secondary N) is 1. The van der Waals surface area contributed by atoms with E-state index in [0.29, 0.717) is 6.54 Å². The molecule has 1 aromatic carbocycles. The van der Waals surface area contributed by atoms with E-state index < -0.39 is 6.10 Å². The average molecular weight is 265 g/mol. The summed E-state index contributed by atoms with van der Waals surface area (Å²) in [6.07, 6.45) is 3.45. The summed E-state index contributed by atoms with van der Waals surface area (Å²) in [6.45, 7) is 2.49. The van der Waals surface area contributed by atoms with E-state index in [1.54, 1.807) is 0 Å². The second kappa shape index (κ2) is 5.94. The summed E-state index contributed by atoms with van der Waals surface area (Å²) in [5.41, 5.74) is 3.23. The Morgan fingerprint density at radius 3 is 2.72 bits per heavy atom. The van der Waals surface area contributed by atoms with Gasteiger partial charge in [0, 0.05) is 18.9 Å². The van der Waals surface area contributed by atoms with Gasteiger partial charge in [0.05, 0.1) is 23.4 Å². The summed E-state index contributed by atoms with van der Waals surface area (Å²) in [6, 6.07) is 10.2. The number of alkyl halides is 1. The van der Waals surface area contributed by atoms with E-state index in [2.05, 4.69) is 23.5 Å². The molecule has 1 heterocycles. The highest BCUT2D eigenvalue weighted by atomic mass is 35.5. The smallest absolute Gasteiger partial charge is 0.0847 e. The number of aryl methyl sites for hydroxylation is 1. The van der Waals surface area contributed by atoms with Crippen molar-refractivity contribution in [2.45, 2.75) is 13.0 Å². The Bertz CT molecular complexity index is 497. The van der Waals surface area contributed by atoms with Gasteiger partial charge < -0.3 is 15.0 Å². The van der Waals surface area contributed by atoms with Crippen LogP contribution in [0.15, 0.2) is 42.7 Å². The predicted octanol–water partition coefficient (Wildman–Crippen LogP) is 2.80. The molecule has 1 aromatic heterocycles.